The van der Waals surface area contributed by atoms with E-state index in [1.54, 1.807) is 0 Å². The Bertz CT molecular complexity index is 254. The molecule has 0 spiro atoms. The number of hydrogen-bond donors (Lipinski definition) is 1. The summed E-state index contributed by atoms with van der Waals surface area (Å²) >= 11 is 0. The summed E-state index contributed by atoms with van der Waals surface area (Å²) in [6, 6.07) is 1.35. The van der Waals surface area contributed by atoms with Crippen LogP contribution in [-0.2, 0) is 4.74 Å². The van der Waals surface area contributed by atoms with Gasteiger partial charge in [-0.1, -0.05) is 13.8 Å². The Balaban J connectivity index is 1.79. The zero-order valence-electron chi connectivity index (χ0n) is 12.9. The summed E-state index contributed by atoms with van der Waals surface area (Å²) in [5, 5.41) is 3.63. The van der Waals surface area contributed by atoms with Gasteiger partial charge in [0.25, 0.3) is 0 Å². The molecule has 1 N–H and O–H groups in total. The van der Waals surface area contributed by atoms with Crippen LogP contribution in [0, 0.1) is 5.92 Å². The molecule has 0 radical (unpaired) electrons. The molecule has 0 bridgehead atoms. The minimum atomic E-state index is 0.633. The Labute approximate surface area is 118 Å². The summed E-state index contributed by atoms with van der Waals surface area (Å²) < 4.78 is 5.42. The number of morpholine rings is 1. The van der Waals surface area contributed by atoms with Gasteiger partial charge in [0, 0.05) is 51.4 Å². The quantitative estimate of drug-likeness (QED) is 0.807. The molecule has 2 fully saturated rings. The molecule has 0 aliphatic carbocycles. The van der Waals surface area contributed by atoms with Crippen LogP contribution in [0.3, 0.4) is 0 Å². The molecule has 0 saturated carbocycles. The van der Waals surface area contributed by atoms with Gasteiger partial charge >= 0.3 is 0 Å². The second kappa shape index (κ2) is 7.58. The van der Waals surface area contributed by atoms with Crippen molar-refractivity contribution in [2.75, 3.05) is 52.5 Å². The summed E-state index contributed by atoms with van der Waals surface area (Å²) in [5.74, 6) is 0.783. The first kappa shape index (κ1) is 15.2. The van der Waals surface area contributed by atoms with Crippen LogP contribution in [-0.4, -0.2) is 74.4 Å². The predicted octanol–water partition coefficient (Wildman–Crippen LogP) is 1.03. The minimum absolute atomic E-state index is 0.633. The fourth-order valence-corrected chi connectivity index (χ4v) is 3.18. The number of nitrogens with zero attached hydrogens (tertiary/aromatic N) is 2. The highest BCUT2D eigenvalue weighted by Gasteiger charge is 2.26. The number of nitrogens with one attached hydrogen (secondary N) is 1. The smallest absolute Gasteiger partial charge is 0.0594 e. The average Bonchev–Trinajstić information content (AvgIpc) is 2.40. The Morgan fingerprint density at radius 2 is 1.95 bits per heavy atom. The Morgan fingerprint density at radius 3 is 2.63 bits per heavy atom. The van der Waals surface area contributed by atoms with E-state index in [0.29, 0.717) is 6.04 Å². The molecule has 4 nitrogen and oxygen atoms in total. The van der Waals surface area contributed by atoms with Crippen LogP contribution >= 0.6 is 0 Å². The molecule has 2 rings (SSSR count). The van der Waals surface area contributed by atoms with E-state index in [2.05, 4.69) is 35.9 Å². The van der Waals surface area contributed by atoms with Gasteiger partial charge in [0.2, 0.25) is 0 Å². The van der Waals surface area contributed by atoms with Crippen molar-refractivity contribution < 1.29 is 4.74 Å². The van der Waals surface area contributed by atoms with E-state index in [-0.39, 0.29) is 0 Å². The lowest BCUT2D eigenvalue weighted by Crippen LogP contribution is -2.57. The molecule has 2 unspecified atom stereocenters. The number of rotatable bonds is 5. The fourth-order valence-electron chi connectivity index (χ4n) is 3.18. The minimum Gasteiger partial charge on any atom is -0.379 e. The van der Waals surface area contributed by atoms with Crippen molar-refractivity contribution in [3.63, 3.8) is 0 Å². The van der Waals surface area contributed by atoms with Crippen molar-refractivity contribution in [3.8, 4) is 0 Å². The Kier molecular flexibility index (Phi) is 6.07. The number of piperazine rings is 1. The fraction of sp³-hybridized carbons (Fsp3) is 1.00. The summed E-state index contributed by atoms with van der Waals surface area (Å²) in [4.78, 5) is 5.25. The van der Waals surface area contributed by atoms with E-state index in [4.69, 9.17) is 4.74 Å². The maximum atomic E-state index is 5.42. The van der Waals surface area contributed by atoms with Crippen molar-refractivity contribution in [3.05, 3.63) is 0 Å². The molecular weight excluding hydrogens is 238 g/mol. The molecule has 0 aromatic rings. The van der Waals surface area contributed by atoms with Gasteiger partial charge in [0.15, 0.2) is 0 Å². The molecule has 2 aliphatic rings. The summed E-state index contributed by atoms with van der Waals surface area (Å²) in [6.07, 6.45) is 1.31. The molecule has 19 heavy (non-hydrogen) atoms. The second-order valence-corrected chi connectivity index (χ2v) is 6.54. The standard InChI is InChI=1S/C15H31N3O/c1-13(2)10-15-11-16-14(3)12-18(15)5-4-17-6-8-19-9-7-17/h13-16H,4-12H2,1-3H3. The van der Waals surface area contributed by atoms with Crippen LogP contribution in [0.5, 0.6) is 0 Å². The highest BCUT2D eigenvalue weighted by Crippen LogP contribution is 2.15. The van der Waals surface area contributed by atoms with Gasteiger partial charge in [0.05, 0.1) is 13.2 Å². The van der Waals surface area contributed by atoms with Crippen molar-refractivity contribution in [1.29, 1.82) is 0 Å². The monoisotopic (exact) mass is 269 g/mol. The highest BCUT2D eigenvalue weighted by molar-refractivity contribution is 4.85. The van der Waals surface area contributed by atoms with Crippen LogP contribution in [0.1, 0.15) is 27.2 Å². The van der Waals surface area contributed by atoms with E-state index >= 15 is 0 Å². The first-order valence-electron chi connectivity index (χ1n) is 7.92. The second-order valence-electron chi connectivity index (χ2n) is 6.54. The largest absolute Gasteiger partial charge is 0.379 e. The topological polar surface area (TPSA) is 27.7 Å². The van der Waals surface area contributed by atoms with Gasteiger partial charge in [-0.25, -0.2) is 0 Å². The first-order valence-corrected chi connectivity index (χ1v) is 7.92. The summed E-state index contributed by atoms with van der Waals surface area (Å²) in [6.45, 7) is 15.8. The van der Waals surface area contributed by atoms with Crippen LogP contribution in [0.4, 0.5) is 0 Å². The van der Waals surface area contributed by atoms with Gasteiger partial charge < -0.3 is 10.1 Å². The van der Waals surface area contributed by atoms with Gasteiger partial charge in [-0.05, 0) is 19.3 Å². The molecule has 2 heterocycles. The van der Waals surface area contributed by atoms with E-state index in [9.17, 15) is 0 Å². The average molecular weight is 269 g/mol. The third-order valence-electron chi connectivity index (χ3n) is 4.28. The third kappa shape index (κ3) is 5.03. The van der Waals surface area contributed by atoms with Crippen LogP contribution < -0.4 is 5.32 Å². The molecule has 0 aromatic heterocycles. The normalized spacial score (nSPS) is 30.9. The molecule has 2 atom stereocenters. The van der Waals surface area contributed by atoms with Crippen LogP contribution in [0.2, 0.25) is 0 Å². The molecule has 2 saturated heterocycles. The van der Waals surface area contributed by atoms with E-state index < -0.39 is 0 Å². The first-order chi connectivity index (χ1) is 9.15. The molecule has 0 amide bonds. The number of ether oxygens (including phenoxy) is 1. The zero-order valence-corrected chi connectivity index (χ0v) is 12.9. The number of hydrogen-bond acceptors (Lipinski definition) is 4. The Morgan fingerprint density at radius 1 is 1.21 bits per heavy atom. The zero-order chi connectivity index (χ0) is 13.7. The lowest BCUT2D eigenvalue weighted by molar-refractivity contribution is 0.0263. The lowest BCUT2D eigenvalue weighted by atomic mass is 9.99. The van der Waals surface area contributed by atoms with Crippen molar-refractivity contribution in [2.45, 2.75) is 39.3 Å². The summed E-state index contributed by atoms with van der Waals surface area (Å²) in [5.41, 5.74) is 0. The van der Waals surface area contributed by atoms with Crippen LogP contribution in [0.25, 0.3) is 0 Å². The van der Waals surface area contributed by atoms with Gasteiger partial charge in [-0.2, -0.15) is 0 Å². The third-order valence-corrected chi connectivity index (χ3v) is 4.28. The predicted molar refractivity (Wildman–Crippen MR) is 79.5 cm³/mol. The van der Waals surface area contributed by atoms with Crippen molar-refractivity contribution >= 4 is 0 Å². The van der Waals surface area contributed by atoms with Crippen molar-refractivity contribution in [2.24, 2.45) is 5.92 Å². The van der Waals surface area contributed by atoms with E-state index in [1.807, 2.05) is 0 Å². The molecular formula is C15H31N3O. The van der Waals surface area contributed by atoms with Gasteiger partial charge in [-0.15, -0.1) is 0 Å². The molecule has 4 heteroatoms. The highest BCUT2D eigenvalue weighted by atomic mass is 16.5. The maximum absolute atomic E-state index is 5.42. The maximum Gasteiger partial charge on any atom is 0.0594 e. The summed E-state index contributed by atoms with van der Waals surface area (Å²) in [7, 11) is 0. The van der Waals surface area contributed by atoms with E-state index in [1.165, 1.54) is 26.1 Å². The van der Waals surface area contributed by atoms with Crippen molar-refractivity contribution in [1.82, 2.24) is 15.1 Å². The van der Waals surface area contributed by atoms with Gasteiger partial charge in [0.1, 0.15) is 0 Å². The molecule has 0 aromatic carbocycles. The molecule has 112 valence electrons. The van der Waals surface area contributed by atoms with E-state index in [0.717, 1.165) is 44.8 Å². The van der Waals surface area contributed by atoms with Gasteiger partial charge in [-0.3, -0.25) is 9.80 Å². The van der Waals surface area contributed by atoms with Crippen LogP contribution in [0.15, 0.2) is 0 Å². The SMILES string of the molecule is CC(C)CC1CNC(C)CN1CCN1CCOCC1. The Hall–Kier alpha value is -0.160. The molecule has 2 aliphatic heterocycles. The lowest BCUT2D eigenvalue weighted by Gasteiger charge is -2.41.